The van der Waals surface area contributed by atoms with Crippen LogP contribution in [0.25, 0.3) is 0 Å². The molecule has 0 aliphatic carbocycles. The molecule has 170 valence electrons. The van der Waals surface area contributed by atoms with Crippen molar-refractivity contribution in [3.8, 4) is 0 Å². The summed E-state index contributed by atoms with van der Waals surface area (Å²) >= 11 is 1.23. The number of esters is 1. The Morgan fingerprint density at radius 1 is 1.09 bits per heavy atom. The summed E-state index contributed by atoms with van der Waals surface area (Å²) in [5, 5.41) is 10.5. The minimum atomic E-state index is -1.23. The number of imide groups is 1. The Bertz CT molecular complexity index is 1110. The van der Waals surface area contributed by atoms with Crippen molar-refractivity contribution in [3.63, 3.8) is 0 Å². The van der Waals surface area contributed by atoms with Crippen LogP contribution in [0.3, 0.4) is 0 Å². The topological polar surface area (TPSA) is 130 Å². The highest BCUT2D eigenvalue weighted by Gasteiger charge is 2.40. The lowest BCUT2D eigenvalue weighted by atomic mass is 10.2. The molecular formula is C23H20N2O7S. The molecule has 3 rings (SSSR count). The van der Waals surface area contributed by atoms with E-state index < -0.39 is 23.1 Å². The maximum Gasteiger partial charge on any atom is 0.338 e. The van der Waals surface area contributed by atoms with Gasteiger partial charge in [0.2, 0.25) is 17.7 Å². The molecule has 1 saturated heterocycles. The molecule has 2 aromatic rings. The number of hydrogen-bond donors (Lipinski definition) is 2. The van der Waals surface area contributed by atoms with Gasteiger partial charge in [0, 0.05) is 29.2 Å². The van der Waals surface area contributed by atoms with E-state index >= 15 is 0 Å². The van der Waals surface area contributed by atoms with E-state index in [2.05, 4.69) is 5.32 Å². The van der Waals surface area contributed by atoms with Crippen molar-refractivity contribution >= 4 is 52.8 Å². The first-order valence-electron chi connectivity index (χ1n) is 9.91. The zero-order valence-corrected chi connectivity index (χ0v) is 18.3. The van der Waals surface area contributed by atoms with Crippen LogP contribution in [0.15, 0.2) is 65.6 Å². The number of aliphatic carboxylic acids is 1. The Kier molecular flexibility index (Phi) is 7.62. The van der Waals surface area contributed by atoms with E-state index in [4.69, 9.17) is 9.84 Å². The number of carboxylic acids is 1. The SMILES string of the molecule is CCOC(=O)c1ccc(N2C(=O)CC(Sc3ccc(NC(=O)C=CC(=O)O)cc3)C2=O)cc1. The van der Waals surface area contributed by atoms with Gasteiger partial charge in [0.1, 0.15) is 0 Å². The van der Waals surface area contributed by atoms with Gasteiger partial charge in [0.25, 0.3) is 0 Å². The van der Waals surface area contributed by atoms with Gasteiger partial charge in [0.05, 0.1) is 23.1 Å². The quantitative estimate of drug-likeness (QED) is 0.344. The lowest BCUT2D eigenvalue weighted by Gasteiger charge is -2.15. The predicted molar refractivity (Wildman–Crippen MR) is 121 cm³/mol. The highest BCUT2D eigenvalue weighted by atomic mass is 32.2. The van der Waals surface area contributed by atoms with E-state index in [1.165, 1.54) is 36.0 Å². The lowest BCUT2D eigenvalue weighted by molar-refractivity contribution is -0.131. The number of carboxylic acid groups (broad SMARTS) is 1. The second-order valence-electron chi connectivity index (χ2n) is 6.83. The Hall–Kier alpha value is -3.92. The average molecular weight is 468 g/mol. The van der Waals surface area contributed by atoms with Gasteiger partial charge in [-0.1, -0.05) is 0 Å². The van der Waals surface area contributed by atoms with Crippen LogP contribution in [-0.4, -0.2) is 46.6 Å². The van der Waals surface area contributed by atoms with Gasteiger partial charge in [-0.15, -0.1) is 11.8 Å². The predicted octanol–water partition coefficient (Wildman–Crippen LogP) is 2.87. The molecule has 9 nitrogen and oxygen atoms in total. The number of hydrogen-bond acceptors (Lipinski definition) is 7. The van der Waals surface area contributed by atoms with Gasteiger partial charge in [-0.3, -0.25) is 14.4 Å². The molecule has 1 atom stereocenters. The molecule has 1 unspecified atom stereocenters. The van der Waals surface area contributed by atoms with Crippen LogP contribution in [0, 0.1) is 0 Å². The third-order valence-electron chi connectivity index (χ3n) is 4.52. The van der Waals surface area contributed by atoms with E-state index in [1.54, 1.807) is 31.2 Å². The highest BCUT2D eigenvalue weighted by Crippen LogP contribution is 2.34. The van der Waals surface area contributed by atoms with E-state index in [0.717, 1.165) is 21.9 Å². The Morgan fingerprint density at radius 3 is 2.36 bits per heavy atom. The van der Waals surface area contributed by atoms with Gasteiger partial charge in [-0.2, -0.15) is 0 Å². The van der Waals surface area contributed by atoms with Crippen molar-refractivity contribution in [3.05, 3.63) is 66.2 Å². The molecule has 1 aliphatic rings. The highest BCUT2D eigenvalue weighted by molar-refractivity contribution is 8.00. The molecule has 10 heteroatoms. The van der Waals surface area contributed by atoms with Crippen LogP contribution in [-0.2, 0) is 23.9 Å². The smallest absolute Gasteiger partial charge is 0.338 e. The fourth-order valence-corrected chi connectivity index (χ4v) is 4.09. The Balaban J connectivity index is 1.63. The number of carbonyl (C=O) groups excluding carboxylic acids is 4. The molecule has 0 bridgehead atoms. The maximum absolute atomic E-state index is 12.9. The zero-order chi connectivity index (χ0) is 24.0. The molecule has 1 heterocycles. The summed E-state index contributed by atoms with van der Waals surface area (Å²) in [6, 6.07) is 12.7. The first kappa shape index (κ1) is 23.7. The minimum absolute atomic E-state index is 0.0294. The zero-order valence-electron chi connectivity index (χ0n) is 17.5. The number of thioether (sulfide) groups is 1. The first-order chi connectivity index (χ1) is 15.8. The molecule has 0 saturated carbocycles. The number of amides is 3. The molecule has 0 radical (unpaired) electrons. The van der Waals surface area contributed by atoms with Crippen LogP contribution in [0.1, 0.15) is 23.7 Å². The summed E-state index contributed by atoms with van der Waals surface area (Å²) < 4.78 is 4.93. The molecule has 1 aliphatic heterocycles. The number of anilines is 2. The van der Waals surface area contributed by atoms with Crippen molar-refractivity contribution in [1.82, 2.24) is 0 Å². The summed E-state index contributed by atoms with van der Waals surface area (Å²) in [6.45, 7) is 1.95. The number of rotatable bonds is 8. The van der Waals surface area contributed by atoms with E-state index in [0.29, 0.717) is 16.9 Å². The number of nitrogens with one attached hydrogen (secondary N) is 1. The average Bonchev–Trinajstić information content (AvgIpc) is 3.06. The van der Waals surface area contributed by atoms with Crippen LogP contribution in [0.4, 0.5) is 11.4 Å². The summed E-state index contributed by atoms with van der Waals surface area (Å²) in [5.74, 6) is -2.98. The number of benzene rings is 2. The largest absolute Gasteiger partial charge is 0.478 e. The minimum Gasteiger partial charge on any atom is -0.478 e. The lowest BCUT2D eigenvalue weighted by Crippen LogP contribution is -2.31. The molecule has 1 fully saturated rings. The normalized spacial score (nSPS) is 15.7. The maximum atomic E-state index is 12.9. The van der Waals surface area contributed by atoms with Crippen LogP contribution < -0.4 is 10.2 Å². The van der Waals surface area contributed by atoms with Crippen molar-refractivity contribution in [2.75, 3.05) is 16.8 Å². The van der Waals surface area contributed by atoms with Crippen LogP contribution >= 0.6 is 11.8 Å². The fourth-order valence-electron chi connectivity index (χ4n) is 3.04. The van der Waals surface area contributed by atoms with E-state index in [-0.39, 0.29) is 24.8 Å². The monoisotopic (exact) mass is 468 g/mol. The van der Waals surface area contributed by atoms with Crippen LogP contribution in [0.2, 0.25) is 0 Å². The number of carbonyl (C=O) groups is 5. The first-order valence-corrected chi connectivity index (χ1v) is 10.8. The summed E-state index contributed by atoms with van der Waals surface area (Å²) in [6.07, 6.45) is 1.67. The van der Waals surface area contributed by atoms with Gasteiger partial charge in [-0.05, 0) is 55.5 Å². The third-order valence-corrected chi connectivity index (χ3v) is 5.72. The summed E-state index contributed by atoms with van der Waals surface area (Å²) in [7, 11) is 0. The molecule has 2 N–H and O–H groups in total. The molecular weight excluding hydrogens is 448 g/mol. The second-order valence-corrected chi connectivity index (χ2v) is 8.11. The molecule has 3 amide bonds. The van der Waals surface area contributed by atoms with Crippen molar-refractivity contribution in [2.45, 2.75) is 23.5 Å². The fraction of sp³-hybridized carbons (Fsp3) is 0.174. The van der Waals surface area contributed by atoms with Gasteiger partial charge in [0.15, 0.2) is 0 Å². The molecule has 0 aromatic heterocycles. The van der Waals surface area contributed by atoms with E-state index in [9.17, 15) is 24.0 Å². The Labute approximate surface area is 193 Å². The van der Waals surface area contributed by atoms with Crippen molar-refractivity contribution in [2.24, 2.45) is 0 Å². The summed E-state index contributed by atoms with van der Waals surface area (Å²) in [4.78, 5) is 61.1. The summed E-state index contributed by atoms with van der Waals surface area (Å²) in [5.41, 5.74) is 1.17. The standard InChI is InChI=1S/C23H20N2O7S/c1-2-32-23(31)14-3-7-16(8-4-14)25-20(27)13-18(22(25)30)33-17-9-5-15(6-10-17)24-19(26)11-12-21(28)29/h3-12,18H,2,13H2,1H3,(H,24,26)(H,28,29). The third kappa shape index (κ3) is 6.07. The molecule has 33 heavy (non-hydrogen) atoms. The van der Waals surface area contributed by atoms with Crippen molar-refractivity contribution in [1.29, 1.82) is 0 Å². The van der Waals surface area contributed by atoms with Gasteiger partial charge < -0.3 is 15.2 Å². The number of nitrogens with zero attached hydrogens (tertiary/aromatic N) is 1. The van der Waals surface area contributed by atoms with Crippen LogP contribution in [0.5, 0.6) is 0 Å². The van der Waals surface area contributed by atoms with Gasteiger partial charge in [-0.25, -0.2) is 14.5 Å². The number of ether oxygens (including phenoxy) is 1. The van der Waals surface area contributed by atoms with E-state index in [1.807, 2.05) is 0 Å². The van der Waals surface area contributed by atoms with Gasteiger partial charge >= 0.3 is 11.9 Å². The molecule has 2 aromatic carbocycles. The van der Waals surface area contributed by atoms with Crippen molar-refractivity contribution < 1.29 is 33.8 Å². The Morgan fingerprint density at radius 2 is 1.76 bits per heavy atom. The second kappa shape index (κ2) is 10.6. The molecule has 0 spiro atoms.